The Morgan fingerprint density at radius 2 is 1.58 bits per heavy atom. The molecule has 0 unspecified atom stereocenters. The molecule has 1 N–H and O–H groups in total. The van der Waals surface area contributed by atoms with Crippen molar-refractivity contribution in [1.82, 2.24) is 20.5 Å². The summed E-state index contributed by atoms with van der Waals surface area (Å²) >= 11 is 0. The van der Waals surface area contributed by atoms with E-state index in [4.69, 9.17) is 0 Å². The quantitative estimate of drug-likeness (QED) is 0.914. The average Bonchev–Trinajstić information content (AvgIpc) is 2.65. The minimum atomic E-state index is -0.136. The Kier molecular flexibility index (Phi) is 5.65. The second-order valence-electron chi connectivity index (χ2n) is 6.48. The van der Waals surface area contributed by atoms with Gasteiger partial charge in [-0.05, 0) is 18.1 Å². The Morgan fingerprint density at radius 3 is 2.23 bits per heavy atom. The number of rotatable bonds is 4. The molecule has 1 aliphatic heterocycles. The van der Waals surface area contributed by atoms with Crippen LogP contribution in [0.25, 0.3) is 0 Å². The lowest BCUT2D eigenvalue weighted by Crippen LogP contribution is -2.58. The monoisotopic (exact) mass is 352 g/mol. The van der Waals surface area contributed by atoms with Crippen LogP contribution in [0.4, 0.5) is 0 Å². The largest absolute Gasteiger partial charge is 0.287 e. The van der Waals surface area contributed by atoms with Gasteiger partial charge in [0.15, 0.2) is 0 Å². The summed E-state index contributed by atoms with van der Waals surface area (Å²) in [6, 6.07) is 19.6. The van der Waals surface area contributed by atoms with Crippen molar-refractivity contribution >= 4 is 11.8 Å². The zero-order valence-corrected chi connectivity index (χ0v) is 15.1. The fraction of sp³-hybridized carbons (Fsp3) is 0.300. The predicted molar refractivity (Wildman–Crippen MR) is 99.3 cm³/mol. The van der Waals surface area contributed by atoms with Gasteiger partial charge in [0.05, 0.1) is 19.1 Å². The van der Waals surface area contributed by atoms with Gasteiger partial charge in [-0.3, -0.25) is 20.0 Å². The van der Waals surface area contributed by atoms with Crippen LogP contribution in [0.5, 0.6) is 0 Å². The molecule has 0 aromatic heterocycles. The highest BCUT2D eigenvalue weighted by atomic mass is 16.2. The molecule has 6 heteroatoms. The van der Waals surface area contributed by atoms with Crippen LogP contribution in [0.15, 0.2) is 60.7 Å². The van der Waals surface area contributed by atoms with Gasteiger partial charge in [0, 0.05) is 13.6 Å². The Morgan fingerprint density at radius 1 is 0.962 bits per heavy atom. The highest BCUT2D eigenvalue weighted by Crippen LogP contribution is 2.22. The number of amides is 2. The number of carbonyl (C=O) groups is 2. The second kappa shape index (κ2) is 8.12. The molecule has 0 aliphatic carbocycles. The summed E-state index contributed by atoms with van der Waals surface area (Å²) in [6.45, 7) is 2.72. The van der Waals surface area contributed by atoms with Crippen molar-refractivity contribution in [3.8, 4) is 0 Å². The van der Waals surface area contributed by atoms with Crippen molar-refractivity contribution < 1.29 is 9.59 Å². The minimum Gasteiger partial charge on any atom is -0.287 e. The van der Waals surface area contributed by atoms with E-state index in [1.807, 2.05) is 67.6 Å². The standard InChI is InChI=1S/C20H24N4O2/c1-16(18-11-7-4-8-12-18)24-14-19(25)21-23(15-20(26)22(24)2)13-17-9-5-3-6-10-17/h3-12,16H,13-15H2,1-2H3,(H,21,25)/t16-/m1/s1. The van der Waals surface area contributed by atoms with Crippen molar-refractivity contribution in [2.45, 2.75) is 19.5 Å². The summed E-state index contributed by atoms with van der Waals surface area (Å²) in [5.41, 5.74) is 4.96. The van der Waals surface area contributed by atoms with Crippen molar-refractivity contribution in [2.75, 3.05) is 20.1 Å². The van der Waals surface area contributed by atoms with Gasteiger partial charge < -0.3 is 0 Å². The first-order valence-corrected chi connectivity index (χ1v) is 8.71. The maximum absolute atomic E-state index is 12.7. The summed E-state index contributed by atoms with van der Waals surface area (Å²) in [5.74, 6) is -0.202. The van der Waals surface area contributed by atoms with Gasteiger partial charge in [-0.15, -0.1) is 0 Å². The molecule has 1 heterocycles. The van der Waals surface area contributed by atoms with Crippen molar-refractivity contribution in [3.63, 3.8) is 0 Å². The van der Waals surface area contributed by atoms with Crippen molar-refractivity contribution in [2.24, 2.45) is 0 Å². The van der Waals surface area contributed by atoms with Crippen LogP contribution < -0.4 is 5.43 Å². The lowest BCUT2D eigenvalue weighted by Gasteiger charge is -2.39. The molecule has 26 heavy (non-hydrogen) atoms. The molecule has 2 aromatic carbocycles. The molecule has 136 valence electrons. The van der Waals surface area contributed by atoms with Gasteiger partial charge in [0.1, 0.15) is 0 Å². The zero-order chi connectivity index (χ0) is 18.5. The predicted octanol–water partition coefficient (Wildman–Crippen LogP) is 1.97. The molecule has 2 aromatic rings. The molecule has 6 nitrogen and oxygen atoms in total. The number of nitrogens with zero attached hydrogens (tertiary/aromatic N) is 3. The summed E-state index contributed by atoms with van der Waals surface area (Å²) in [6.07, 6.45) is 0. The van der Waals surface area contributed by atoms with Crippen molar-refractivity contribution in [1.29, 1.82) is 0 Å². The van der Waals surface area contributed by atoms with Gasteiger partial charge in [-0.1, -0.05) is 60.7 Å². The van der Waals surface area contributed by atoms with E-state index in [0.717, 1.165) is 11.1 Å². The molecule has 0 bridgehead atoms. The highest BCUT2D eigenvalue weighted by Gasteiger charge is 2.30. The normalized spacial score (nSPS) is 18.2. The van der Waals surface area contributed by atoms with Gasteiger partial charge in [-0.2, -0.15) is 0 Å². The number of likely N-dealkylation sites (N-methyl/N-ethyl adjacent to an activating group) is 1. The number of hydrogen-bond donors (Lipinski definition) is 1. The van der Waals surface area contributed by atoms with Crippen LogP contribution in [0, 0.1) is 0 Å². The van der Waals surface area contributed by atoms with E-state index < -0.39 is 0 Å². The molecule has 2 amide bonds. The van der Waals surface area contributed by atoms with Gasteiger partial charge in [0.25, 0.3) is 5.91 Å². The average molecular weight is 352 g/mol. The number of nitrogens with one attached hydrogen (secondary N) is 1. The molecule has 0 saturated carbocycles. The molecular formula is C20H24N4O2. The number of hydrazine groups is 2. The van der Waals surface area contributed by atoms with E-state index in [2.05, 4.69) is 5.43 Å². The van der Waals surface area contributed by atoms with Gasteiger partial charge in [-0.25, -0.2) is 10.0 Å². The Labute approximate surface area is 153 Å². The molecule has 3 rings (SSSR count). The molecule has 1 aliphatic rings. The number of hydrogen-bond acceptors (Lipinski definition) is 4. The molecule has 1 saturated heterocycles. The summed E-state index contributed by atoms with van der Waals surface area (Å²) in [5, 5.41) is 5.03. The van der Waals surface area contributed by atoms with E-state index >= 15 is 0 Å². The number of carbonyl (C=O) groups excluding carboxylic acids is 2. The maximum atomic E-state index is 12.7. The summed E-state index contributed by atoms with van der Waals surface area (Å²) in [7, 11) is 1.72. The summed E-state index contributed by atoms with van der Waals surface area (Å²) < 4.78 is 0. The molecule has 1 fully saturated rings. The topological polar surface area (TPSA) is 55.9 Å². The minimum absolute atomic E-state index is 0.0660. The van der Waals surface area contributed by atoms with E-state index in [1.54, 1.807) is 22.1 Å². The van der Waals surface area contributed by atoms with E-state index in [-0.39, 0.29) is 30.9 Å². The van der Waals surface area contributed by atoms with Crippen LogP contribution in [-0.2, 0) is 16.1 Å². The number of benzene rings is 2. The van der Waals surface area contributed by atoms with Crippen LogP contribution in [0.1, 0.15) is 24.1 Å². The van der Waals surface area contributed by atoms with Crippen molar-refractivity contribution in [3.05, 3.63) is 71.8 Å². The van der Waals surface area contributed by atoms with Crippen LogP contribution in [0.3, 0.4) is 0 Å². The maximum Gasteiger partial charge on any atom is 0.252 e. The Bertz CT molecular complexity index is 751. The molecule has 0 spiro atoms. The first kappa shape index (κ1) is 18.1. The SMILES string of the molecule is C[C@H](c1ccccc1)N1CC(=O)NN(Cc2ccccc2)CC(=O)N1C. The third-order valence-corrected chi connectivity index (χ3v) is 4.61. The van der Waals surface area contributed by atoms with Crippen LogP contribution in [0.2, 0.25) is 0 Å². The fourth-order valence-corrected chi connectivity index (χ4v) is 3.11. The lowest BCUT2D eigenvalue weighted by atomic mass is 10.1. The third-order valence-electron chi connectivity index (χ3n) is 4.61. The summed E-state index contributed by atoms with van der Waals surface area (Å²) in [4.78, 5) is 25.2. The zero-order valence-electron chi connectivity index (χ0n) is 15.1. The smallest absolute Gasteiger partial charge is 0.252 e. The first-order chi connectivity index (χ1) is 12.5. The molecule has 1 atom stereocenters. The Hall–Kier alpha value is -2.70. The molecule has 0 radical (unpaired) electrons. The fourth-order valence-electron chi connectivity index (χ4n) is 3.11. The highest BCUT2D eigenvalue weighted by molar-refractivity contribution is 5.82. The molecular weight excluding hydrogens is 328 g/mol. The Balaban J connectivity index is 1.74. The van der Waals surface area contributed by atoms with Gasteiger partial charge >= 0.3 is 0 Å². The first-order valence-electron chi connectivity index (χ1n) is 8.71. The van der Waals surface area contributed by atoms with E-state index in [1.165, 1.54) is 0 Å². The second-order valence-corrected chi connectivity index (χ2v) is 6.48. The third kappa shape index (κ3) is 4.28. The van der Waals surface area contributed by atoms with Crippen LogP contribution >= 0.6 is 0 Å². The van der Waals surface area contributed by atoms with E-state index in [9.17, 15) is 9.59 Å². The lowest BCUT2D eigenvalue weighted by molar-refractivity contribution is -0.161. The van der Waals surface area contributed by atoms with Gasteiger partial charge in [0.2, 0.25) is 5.91 Å². The van der Waals surface area contributed by atoms with E-state index in [0.29, 0.717) is 6.54 Å². The van der Waals surface area contributed by atoms with Crippen LogP contribution in [-0.4, -0.2) is 47.0 Å².